The van der Waals surface area contributed by atoms with Gasteiger partial charge in [-0.1, -0.05) is 48.0 Å². The Morgan fingerprint density at radius 1 is 1.08 bits per heavy atom. The lowest BCUT2D eigenvalue weighted by molar-refractivity contribution is -0.124. The van der Waals surface area contributed by atoms with Crippen LogP contribution in [0, 0.1) is 6.92 Å². The minimum atomic E-state index is -3.80. The van der Waals surface area contributed by atoms with Crippen LogP contribution in [-0.4, -0.2) is 31.7 Å². The van der Waals surface area contributed by atoms with E-state index in [0.29, 0.717) is 0 Å². The molecule has 1 amide bonds. The molecule has 1 atom stereocenters. The number of carbonyl (C=O) groups excluding carboxylic acids is 1. The van der Waals surface area contributed by atoms with E-state index in [9.17, 15) is 13.2 Å². The number of benzene rings is 2. The van der Waals surface area contributed by atoms with E-state index in [1.807, 2.05) is 37.3 Å². The zero-order chi connectivity index (χ0) is 17.7. The largest absolute Gasteiger partial charge is 0.358 e. The van der Waals surface area contributed by atoms with Crippen molar-refractivity contribution in [3.8, 4) is 0 Å². The smallest absolute Gasteiger partial charge is 0.244 e. The number of nitrogens with one attached hydrogen (secondary N) is 1. The topological polar surface area (TPSA) is 66.5 Å². The summed E-state index contributed by atoms with van der Waals surface area (Å²) in [6.45, 7) is 3.62. The predicted octanol–water partition coefficient (Wildman–Crippen LogP) is 2.32. The van der Waals surface area contributed by atoms with Crippen LogP contribution in [0.25, 0.3) is 0 Å². The highest BCUT2D eigenvalue weighted by Crippen LogP contribution is 2.21. The Morgan fingerprint density at radius 2 is 1.67 bits per heavy atom. The standard InChI is InChI=1S/C18H22N2O3S/c1-14-9-11-17(12-10-14)24(22,23)20(15(2)18(21)19-3)13-16-7-5-4-6-8-16/h4-12,15H,13H2,1-3H3,(H,19,21). The minimum absolute atomic E-state index is 0.131. The maximum Gasteiger partial charge on any atom is 0.244 e. The summed E-state index contributed by atoms with van der Waals surface area (Å²) in [6.07, 6.45) is 0. The molecule has 1 unspecified atom stereocenters. The van der Waals surface area contributed by atoms with Crippen molar-refractivity contribution in [2.75, 3.05) is 7.05 Å². The summed E-state index contributed by atoms with van der Waals surface area (Å²) in [5, 5.41) is 2.52. The molecular weight excluding hydrogens is 324 g/mol. The molecular formula is C18H22N2O3S. The van der Waals surface area contributed by atoms with Gasteiger partial charge >= 0.3 is 0 Å². The summed E-state index contributed by atoms with van der Waals surface area (Å²) in [5.41, 5.74) is 1.80. The molecule has 5 nitrogen and oxygen atoms in total. The highest BCUT2D eigenvalue weighted by Gasteiger charge is 2.32. The van der Waals surface area contributed by atoms with Gasteiger partial charge in [-0.2, -0.15) is 4.31 Å². The average molecular weight is 346 g/mol. The Bertz CT molecular complexity index is 787. The van der Waals surface area contributed by atoms with Crippen LogP contribution in [0.2, 0.25) is 0 Å². The Morgan fingerprint density at radius 3 is 2.21 bits per heavy atom. The minimum Gasteiger partial charge on any atom is -0.358 e. The number of carbonyl (C=O) groups is 1. The third-order valence-corrected chi connectivity index (χ3v) is 5.80. The molecule has 2 aromatic carbocycles. The number of amides is 1. The van der Waals surface area contributed by atoms with E-state index in [1.54, 1.807) is 31.2 Å². The van der Waals surface area contributed by atoms with Gasteiger partial charge in [0.1, 0.15) is 6.04 Å². The lowest BCUT2D eigenvalue weighted by Crippen LogP contribution is -2.46. The molecule has 0 saturated heterocycles. The van der Waals surface area contributed by atoms with E-state index in [4.69, 9.17) is 0 Å². The van der Waals surface area contributed by atoms with Gasteiger partial charge in [-0.25, -0.2) is 8.42 Å². The van der Waals surface area contributed by atoms with Crippen molar-refractivity contribution in [3.05, 3.63) is 65.7 Å². The molecule has 0 spiro atoms. The molecule has 0 radical (unpaired) electrons. The number of aryl methyl sites for hydroxylation is 1. The second-order valence-electron chi connectivity index (χ2n) is 5.64. The molecule has 2 rings (SSSR count). The van der Waals surface area contributed by atoms with Crippen molar-refractivity contribution >= 4 is 15.9 Å². The molecule has 0 aliphatic heterocycles. The quantitative estimate of drug-likeness (QED) is 0.873. The molecule has 0 saturated carbocycles. The van der Waals surface area contributed by atoms with Crippen LogP contribution < -0.4 is 5.32 Å². The summed E-state index contributed by atoms with van der Waals surface area (Å²) in [4.78, 5) is 12.2. The van der Waals surface area contributed by atoms with E-state index in [2.05, 4.69) is 5.32 Å². The molecule has 0 aliphatic rings. The van der Waals surface area contributed by atoms with Crippen molar-refractivity contribution in [2.24, 2.45) is 0 Å². The monoisotopic (exact) mass is 346 g/mol. The van der Waals surface area contributed by atoms with Gasteiger partial charge in [-0.15, -0.1) is 0 Å². The first-order valence-corrected chi connectivity index (χ1v) is 9.14. The summed E-state index contributed by atoms with van der Waals surface area (Å²) in [6, 6.07) is 15.1. The maximum atomic E-state index is 13.1. The van der Waals surface area contributed by atoms with E-state index >= 15 is 0 Å². The third-order valence-electron chi connectivity index (χ3n) is 3.87. The molecule has 0 aromatic heterocycles. The number of likely N-dealkylation sites (N-methyl/N-ethyl adjacent to an activating group) is 1. The Hall–Kier alpha value is -2.18. The SMILES string of the molecule is CNC(=O)C(C)N(Cc1ccccc1)S(=O)(=O)c1ccc(C)cc1. The lowest BCUT2D eigenvalue weighted by atomic mass is 10.2. The van der Waals surface area contributed by atoms with E-state index in [-0.39, 0.29) is 17.3 Å². The van der Waals surface area contributed by atoms with Crippen molar-refractivity contribution in [1.82, 2.24) is 9.62 Å². The van der Waals surface area contributed by atoms with Crippen LogP contribution in [0.5, 0.6) is 0 Å². The van der Waals surface area contributed by atoms with E-state index in [1.165, 1.54) is 11.4 Å². The second kappa shape index (κ2) is 7.59. The molecule has 0 heterocycles. The van der Waals surface area contributed by atoms with Crippen molar-refractivity contribution in [2.45, 2.75) is 31.3 Å². The highest BCUT2D eigenvalue weighted by atomic mass is 32.2. The third kappa shape index (κ3) is 4.01. The van der Waals surface area contributed by atoms with Crippen LogP contribution in [0.1, 0.15) is 18.1 Å². The fraction of sp³-hybridized carbons (Fsp3) is 0.278. The summed E-state index contributed by atoms with van der Waals surface area (Å²) >= 11 is 0. The van der Waals surface area contributed by atoms with Crippen molar-refractivity contribution in [1.29, 1.82) is 0 Å². The Balaban J connectivity index is 2.44. The summed E-state index contributed by atoms with van der Waals surface area (Å²) < 4.78 is 27.3. The van der Waals surface area contributed by atoms with Crippen LogP contribution >= 0.6 is 0 Å². The molecule has 0 bridgehead atoms. The van der Waals surface area contributed by atoms with Gasteiger partial charge in [0.15, 0.2) is 0 Å². The molecule has 0 fully saturated rings. The first kappa shape index (κ1) is 18.2. The maximum absolute atomic E-state index is 13.1. The fourth-order valence-corrected chi connectivity index (χ4v) is 3.96. The Kier molecular flexibility index (Phi) is 5.75. The lowest BCUT2D eigenvalue weighted by Gasteiger charge is -2.27. The summed E-state index contributed by atoms with van der Waals surface area (Å²) in [5.74, 6) is -0.346. The van der Waals surface area contributed by atoms with Gasteiger partial charge in [0, 0.05) is 13.6 Å². The molecule has 24 heavy (non-hydrogen) atoms. The average Bonchev–Trinajstić information content (AvgIpc) is 2.59. The van der Waals surface area contributed by atoms with Gasteiger partial charge in [0.05, 0.1) is 4.90 Å². The number of rotatable bonds is 6. The Labute approximate surface area is 143 Å². The zero-order valence-corrected chi connectivity index (χ0v) is 14.9. The van der Waals surface area contributed by atoms with E-state index in [0.717, 1.165) is 11.1 Å². The number of sulfonamides is 1. The van der Waals surface area contributed by atoms with Crippen LogP contribution in [0.3, 0.4) is 0 Å². The molecule has 2 aromatic rings. The molecule has 128 valence electrons. The van der Waals surface area contributed by atoms with Crippen LogP contribution in [0.4, 0.5) is 0 Å². The summed E-state index contributed by atoms with van der Waals surface area (Å²) in [7, 11) is -2.30. The first-order chi connectivity index (χ1) is 11.4. The first-order valence-electron chi connectivity index (χ1n) is 7.70. The molecule has 1 N–H and O–H groups in total. The van der Waals surface area contributed by atoms with Gasteiger partial charge in [0.2, 0.25) is 15.9 Å². The van der Waals surface area contributed by atoms with Gasteiger partial charge in [0.25, 0.3) is 0 Å². The van der Waals surface area contributed by atoms with Crippen LogP contribution in [0.15, 0.2) is 59.5 Å². The normalized spacial score (nSPS) is 12.8. The number of nitrogens with zero attached hydrogens (tertiary/aromatic N) is 1. The van der Waals surface area contributed by atoms with E-state index < -0.39 is 16.1 Å². The van der Waals surface area contributed by atoms with Gasteiger partial charge in [-0.05, 0) is 31.5 Å². The predicted molar refractivity (Wildman–Crippen MR) is 93.9 cm³/mol. The van der Waals surface area contributed by atoms with Gasteiger partial charge in [-0.3, -0.25) is 4.79 Å². The van der Waals surface area contributed by atoms with Crippen molar-refractivity contribution in [3.63, 3.8) is 0 Å². The number of hydrogen-bond acceptors (Lipinski definition) is 3. The van der Waals surface area contributed by atoms with Gasteiger partial charge < -0.3 is 5.32 Å². The highest BCUT2D eigenvalue weighted by molar-refractivity contribution is 7.89. The molecule has 6 heteroatoms. The molecule has 0 aliphatic carbocycles. The van der Waals surface area contributed by atoms with Crippen LogP contribution in [-0.2, 0) is 21.4 Å². The zero-order valence-electron chi connectivity index (χ0n) is 14.1. The number of hydrogen-bond donors (Lipinski definition) is 1. The second-order valence-corrected chi connectivity index (χ2v) is 7.53. The fourth-order valence-electron chi connectivity index (χ4n) is 2.38. The van der Waals surface area contributed by atoms with Crippen molar-refractivity contribution < 1.29 is 13.2 Å².